The maximum atomic E-state index is 6.69. The Morgan fingerprint density at radius 3 is 1.07 bits per heavy atom. The van der Waals surface area contributed by atoms with Crippen LogP contribution in [0.1, 0.15) is 11.1 Å². The number of benzene rings is 11. The van der Waals surface area contributed by atoms with Crippen molar-refractivity contribution in [1.29, 1.82) is 0 Å². The maximum Gasteiger partial charge on any atom is 0.139 e. The van der Waals surface area contributed by atoms with E-state index in [0.29, 0.717) is 0 Å². The van der Waals surface area contributed by atoms with E-state index in [2.05, 4.69) is 254 Å². The fourth-order valence-electron chi connectivity index (χ4n) is 10.1. The van der Waals surface area contributed by atoms with Crippen molar-refractivity contribution < 1.29 is 8.83 Å². The molecule has 0 unspecified atom stereocenters. The Kier molecular flexibility index (Phi) is 9.26. The van der Waals surface area contributed by atoms with Crippen molar-refractivity contribution in [3.8, 4) is 22.3 Å². The number of nitrogens with zero attached hydrogens (tertiary/aromatic N) is 2. The summed E-state index contributed by atoms with van der Waals surface area (Å²) in [5.41, 5.74) is 17.1. The van der Waals surface area contributed by atoms with Crippen molar-refractivity contribution in [3.63, 3.8) is 0 Å². The van der Waals surface area contributed by atoms with E-state index in [1.165, 1.54) is 33.4 Å². The van der Waals surface area contributed by atoms with E-state index in [4.69, 9.17) is 8.83 Å². The van der Waals surface area contributed by atoms with E-state index in [-0.39, 0.29) is 0 Å². The number of aryl methyl sites for hydroxylation is 2. The molecule has 4 nitrogen and oxygen atoms in total. The average Bonchev–Trinajstić information content (AvgIpc) is 3.91. The van der Waals surface area contributed by atoms with Crippen LogP contribution in [0.15, 0.2) is 239 Å². The number of rotatable bonds is 8. The van der Waals surface area contributed by atoms with E-state index in [0.717, 1.165) is 99.5 Å². The minimum absolute atomic E-state index is 0.805. The standard InChI is InChI=1S/C64H44N2O2/c1-41-23-25-47(43-15-7-3-8-16-43)35-59(41)65(51-19-11-5-12-20-51)53-29-27-45-33-55-57-39-58-56-34-46-28-30-54(32-50(46)38-62(56)68-64(58)40-63(57)67-61(55)37-49(45)31-53)66(52-21-13-6-14-22-52)60-36-48(26-24-42(60)2)44-17-9-4-10-18-44/h3-40H,1-2H3. The summed E-state index contributed by atoms with van der Waals surface area (Å²) in [6.45, 7) is 4.37. The fourth-order valence-corrected chi connectivity index (χ4v) is 10.1. The maximum absolute atomic E-state index is 6.69. The quantitative estimate of drug-likeness (QED) is 0.152. The zero-order valence-corrected chi connectivity index (χ0v) is 37.7. The zero-order chi connectivity index (χ0) is 45.3. The number of furan rings is 2. The Morgan fingerprint density at radius 1 is 0.265 bits per heavy atom. The third-order valence-electron chi connectivity index (χ3n) is 13.6. The van der Waals surface area contributed by atoms with Gasteiger partial charge in [0, 0.05) is 61.7 Å². The molecule has 0 spiro atoms. The first-order valence-electron chi connectivity index (χ1n) is 23.2. The van der Waals surface area contributed by atoms with Gasteiger partial charge in [0.2, 0.25) is 0 Å². The molecule has 0 bridgehead atoms. The normalized spacial score (nSPS) is 11.7. The van der Waals surface area contributed by atoms with Gasteiger partial charge in [-0.25, -0.2) is 0 Å². The van der Waals surface area contributed by atoms with Gasteiger partial charge in [-0.05, 0) is 160 Å². The van der Waals surface area contributed by atoms with E-state index >= 15 is 0 Å². The minimum Gasteiger partial charge on any atom is -0.456 e. The molecule has 11 aromatic carbocycles. The Labute approximate surface area is 394 Å². The summed E-state index contributed by atoms with van der Waals surface area (Å²) in [5, 5.41) is 8.83. The number of hydrogen-bond acceptors (Lipinski definition) is 4. The van der Waals surface area contributed by atoms with Crippen molar-refractivity contribution in [3.05, 3.63) is 242 Å². The first-order chi connectivity index (χ1) is 33.5. The van der Waals surface area contributed by atoms with Crippen LogP contribution >= 0.6 is 0 Å². The molecule has 0 aliphatic rings. The van der Waals surface area contributed by atoms with Crippen LogP contribution in [0.2, 0.25) is 0 Å². The van der Waals surface area contributed by atoms with Crippen molar-refractivity contribution in [2.24, 2.45) is 0 Å². The molecule has 0 amide bonds. The lowest BCUT2D eigenvalue weighted by molar-refractivity contribution is 0.656. The fraction of sp³-hybridized carbons (Fsp3) is 0.0312. The third-order valence-corrected chi connectivity index (χ3v) is 13.6. The molecule has 2 aromatic heterocycles. The highest BCUT2D eigenvalue weighted by Gasteiger charge is 2.20. The second-order valence-corrected chi connectivity index (χ2v) is 17.9. The van der Waals surface area contributed by atoms with Crippen LogP contribution in [-0.2, 0) is 0 Å². The summed E-state index contributed by atoms with van der Waals surface area (Å²) in [6, 6.07) is 82.6. The molecule has 13 aromatic rings. The van der Waals surface area contributed by atoms with Gasteiger partial charge < -0.3 is 18.6 Å². The summed E-state index contributed by atoms with van der Waals surface area (Å²) in [7, 11) is 0. The molecule has 0 atom stereocenters. The molecular weight excluding hydrogens is 829 g/mol. The SMILES string of the molecule is Cc1ccc(-c2ccccc2)cc1N(c1ccccc1)c1ccc2cc3c(cc2c1)oc1cc2oc4cc5cc(N(c6ccccc6)c6cc(-c7ccccc7)ccc6C)ccc5cc4c2cc13. The van der Waals surface area contributed by atoms with Crippen LogP contribution < -0.4 is 9.80 Å². The Balaban J connectivity index is 0.891. The molecular formula is C64H44N2O2. The molecule has 2 heterocycles. The highest BCUT2D eigenvalue weighted by atomic mass is 16.3. The van der Waals surface area contributed by atoms with Crippen LogP contribution in [-0.4, -0.2) is 0 Å². The summed E-state index contributed by atoms with van der Waals surface area (Å²) >= 11 is 0. The predicted octanol–water partition coefficient (Wildman–Crippen LogP) is 18.7. The van der Waals surface area contributed by atoms with Gasteiger partial charge >= 0.3 is 0 Å². The number of hydrogen-bond donors (Lipinski definition) is 0. The smallest absolute Gasteiger partial charge is 0.139 e. The summed E-state index contributed by atoms with van der Waals surface area (Å²) in [5.74, 6) is 0. The molecule has 0 radical (unpaired) electrons. The third kappa shape index (κ3) is 6.77. The average molecular weight is 873 g/mol. The second-order valence-electron chi connectivity index (χ2n) is 17.9. The Hall–Kier alpha value is -8.86. The Morgan fingerprint density at radius 2 is 0.647 bits per heavy atom. The van der Waals surface area contributed by atoms with Crippen LogP contribution in [0.4, 0.5) is 34.1 Å². The van der Waals surface area contributed by atoms with Gasteiger partial charge in [0.15, 0.2) is 0 Å². The van der Waals surface area contributed by atoms with E-state index < -0.39 is 0 Å². The topological polar surface area (TPSA) is 32.8 Å². The van der Waals surface area contributed by atoms with Crippen LogP contribution in [0.5, 0.6) is 0 Å². The number of para-hydroxylation sites is 2. The van der Waals surface area contributed by atoms with Gasteiger partial charge in [0.25, 0.3) is 0 Å². The van der Waals surface area contributed by atoms with Crippen molar-refractivity contribution in [2.45, 2.75) is 13.8 Å². The summed E-state index contributed by atoms with van der Waals surface area (Å²) in [6.07, 6.45) is 0. The van der Waals surface area contributed by atoms with Crippen LogP contribution in [0, 0.1) is 13.8 Å². The molecule has 0 fully saturated rings. The predicted molar refractivity (Wildman–Crippen MR) is 286 cm³/mol. The molecule has 0 aliphatic carbocycles. The van der Waals surface area contributed by atoms with Crippen LogP contribution in [0.25, 0.3) is 87.7 Å². The minimum atomic E-state index is 0.805. The molecule has 68 heavy (non-hydrogen) atoms. The zero-order valence-electron chi connectivity index (χ0n) is 37.7. The molecule has 0 N–H and O–H groups in total. The number of anilines is 6. The monoisotopic (exact) mass is 872 g/mol. The molecule has 322 valence electrons. The van der Waals surface area contributed by atoms with Gasteiger partial charge in [0.05, 0.1) is 0 Å². The van der Waals surface area contributed by atoms with Crippen molar-refractivity contribution in [1.82, 2.24) is 0 Å². The summed E-state index contributed by atoms with van der Waals surface area (Å²) in [4.78, 5) is 4.72. The van der Waals surface area contributed by atoms with Gasteiger partial charge in [-0.3, -0.25) is 0 Å². The number of fused-ring (bicyclic) bond motifs is 8. The van der Waals surface area contributed by atoms with Crippen LogP contribution in [0.3, 0.4) is 0 Å². The van der Waals surface area contributed by atoms with E-state index in [9.17, 15) is 0 Å². The van der Waals surface area contributed by atoms with Gasteiger partial charge in [-0.1, -0.05) is 133 Å². The van der Waals surface area contributed by atoms with E-state index in [1.807, 2.05) is 0 Å². The van der Waals surface area contributed by atoms with Gasteiger partial charge in [-0.2, -0.15) is 0 Å². The van der Waals surface area contributed by atoms with E-state index in [1.54, 1.807) is 0 Å². The lowest BCUT2D eigenvalue weighted by Gasteiger charge is -2.28. The van der Waals surface area contributed by atoms with Crippen molar-refractivity contribution in [2.75, 3.05) is 9.80 Å². The Bertz CT molecular complexity index is 3780. The molecule has 0 aliphatic heterocycles. The largest absolute Gasteiger partial charge is 0.456 e. The first kappa shape index (κ1) is 39.5. The summed E-state index contributed by atoms with van der Waals surface area (Å²) < 4.78 is 13.4. The molecule has 13 rings (SSSR count). The highest BCUT2D eigenvalue weighted by molar-refractivity contribution is 6.18. The lowest BCUT2D eigenvalue weighted by Crippen LogP contribution is -2.11. The molecule has 4 heteroatoms. The van der Waals surface area contributed by atoms with Gasteiger partial charge in [0.1, 0.15) is 22.3 Å². The first-order valence-corrected chi connectivity index (χ1v) is 23.2. The second kappa shape index (κ2) is 15.9. The lowest BCUT2D eigenvalue weighted by atomic mass is 10.00. The molecule has 0 saturated heterocycles. The molecule has 0 saturated carbocycles. The highest BCUT2D eigenvalue weighted by Crippen LogP contribution is 2.44. The van der Waals surface area contributed by atoms with Crippen molar-refractivity contribution >= 4 is 99.5 Å². The van der Waals surface area contributed by atoms with Gasteiger partial charge in [-0.15, -0.1) is 0 Å².